The van der Waals surface area contributed by atoms with E-state index in [1.807, 2.05) is 18.7 Å². The van der Waals surface area contributed by atoms with E-state index < -0.39 is 4.92 Å². The third-order valence-corrected chi connectivity index (χ3v) is 3.34. The fourth-order valence-electron chi connectivity index (χ4n) is 2.53. The zero-order valence-electron chi connectivity index (χ0n) is 11.8. The molecule has 0 spiro atoms. The van der Waals surface area contributed by atoms with E-state index in [2.05, 4.69) is 0 Å². The Kier molecular flexibility index (Phi) is 4.04. The lowest BCUT2D eigenvalue weighted by Crippen LogP contribution is -2.45. The Balaban J connectivity index is 2.40. The average Bonchev–Trinajstić information content (AvgIpc) is 2.36. The quantitative estimate of drug-likeness (QED) is 0.482. The van der Waals surface area contributed by atoms with Crippen molar-refractivity contribution in [2.45, 2.75) is 33.0 Å². The van der Waals surface area contributed by atoms with E-state index in [1.54, 1.807) is 12.1 Å². The molecule has 1 fully saturated rings. The van der Waals surface area contributed by atoms with Crippen molar-refractivity contribution in [3.63, 3.8) is 0 Å². The van der Waals surface area contributed by atoms with Gasteiger partial charge in [-0.2, -0.15) is 0 Å². The molecule has 1 aromatic carbocycles. The third-order valence-electron chi connectivity index (χ3n) is 3.34. The molecule has 1 saturated heterocycles. The lowest BCUT2D eigenvalue weighted by atomic mass is 10.1. The summed E-state index contributed by atoms with van der Waals surface area (Å²) < 4.78 is 5.63. The molecule has 2 rings (SSSR count). The van der Waals surface area contributed by atoms with Gasteiger partial charge in [0.25, 0.3) is 5.69 Å². The summed E-state index contributed by atoms with van der Waals surface area (Å²) in [5.74, 6) is -0.177. The summed E-state index contributed by atoms with van der Waals surface area (Å²) in [4.78, 5) is 24.1. The van der Waals surface area contributed by atoms with Gasteiger partial charge in [0, 0.05) is 24.7 Å². The molecule has 0 aliphatic carbocycles. The summed E-state index contributed by atoms with van der Waals surface area (Å²) in [5, 5.41) is 11.2. The first-order valence-corrected chi connectivity index (χ1v) is 6.58. The summed E-state index contributed by atoms with van der Waals surface area (Å²) in [6, 6.07) is 4.64. The van der Waals surface area contributed by atoms with Crippen LogP contribution in [0.25, 0.3) is 0 Å². The zero-order valence-corrected chi connectivity index (χ0v) is 11.8. The van der Waals surface area contributed by atoms with Gasteiger partial charge in [0.05, 0.1) is 17.1 Å². The smallest absolute Gasteiger partial charge is 0.293 e. The maximum atomic E-state index is 11.4. The minimum atomic E-state index is -0.438. The van der Waals surface area contributed by atoms with Crippen molar-refractivity contribution in [1.82, 2.24) is 0 Å². The van der Waals surface area contributed by atoms with Crippen molar-refractivity contribution < 1.29 is 14.5 Å². The van der Waals surface area contributed by atoms with Crippen LogP contribution in [0.5, 0.6) is 0 Å². The predicted molar refractivity (Wildman–Crippen MR) is 75.3 cm³/mol. The van der Waals surface area contributed by atoms with E-state index >= 15 is 0 Å². The van der Waals surface area contributed by atoms with Crippen molar-refractivity contribution in [2.24, 2.45) is 0 Å². The highest BCUT2D eigenvalue weighted by molar-refractivity contribution is 5.95. The molecule has 0 bridgehead atoms. The monoisotopic (exact) mass is 278 g/mol. The van der Waals surface area contributed by atoms with Crippen LogP contribution in [0.15, 0.2) is 18.2 Å². The Morgan fingerprint density at radius 1 is 1.35 bits per heavy atom. The van der Waals surface area contributed by atoms with Crippen LogP contribution >= 0.6 is 0 Å². The van der Waals surface area contributed by atoms with Crippen LogP contribution in [0.3, 0.4) is 0 Å². The number of morpholine rings is 1. The van der Waals surface area contributed by atoms with E-state index in [1.165, 1.54) is 13.0 Å². The van der Waals surface area contributed by atoms with E-state index in [4.69, 9.17) is 4.74 Å². The average molecular weight is 278 g/mol. The highest BCUT2D eigenvalue weighted by Gasteiger charge is 2.27. The molecular weight excluding hydrogens is 260 g/mol. The predicted octanol–water partition coefficient (Wildman–Crippen LogP) is 2.41. The maximum absolute atomic E-state index is 11.4. The number of carbonyl (C=O) groups excluding carboxylic acids is 1. The molecule has 1 aromatic rings. The van der Waals surface area contributed by atoms with Gasteiger partial charge in [0.1, 0.15) is 5.69 Å². The van der Waals surface area contributed by atoms with Crippen molar-refractivity contribution in [2.75, 3.05) is 18.0 Å². The van der Waals surface area contributed by atoms with Gasteiger partial charge >= 0.3 is 0 Å². The highest BCUT2D eigenvalue weighted by atomic mass is 16.6. The van der Waals surface area contributed by atoms with Crippen molar-refractivity contribution in [3.8, 4) is 0 Å². The molecule has 0 unspecified atom stereocenters. The molecule has 0 saturated carbocycles. The minimum absolute atomic E-state index is 0.0193. The highest BCUT2D eigenvalue weighted by Crippen LogP contribution is 2.31. The van der Waals surface area contributed by atoms with E-state index in [9.17, 15) is 14.9 Å². The number of carbonyl (C=O) groups is 1. The Bertz CT molecular complexity index is 534. The van der Waals surface area contributed by atoms with Crippen LogP contribution < -0.4 is 4.90 Å². The van der Waals surface area contributed by atoms with E-state index in [0.717, 1.165) is 0 Å². The fourth-order valence-corrected chi connectivity index (χ4v) is 2.53. The van der Waals surface area contributed by atoms with Crippen molar-refractivity contribution in [3.05, 3.63) is 33.9 Å². The normalized spacial score (nSPS) is 22.6. The number of nitro groups is 1. The topological polar surface area (TPSA) is 72.7 Å². The number of nitrogens with zero attached hydrogens (tertiary/aromatic N) is 2. The van der Waals surface area contributed by atoms with Crippen LogP contribution in [-0.2, 0) is 4.74 Å². The first kappa shape index (κ1) is 14.5. The fraction of sp³-hybridized carbons (Fsp3) is 0.500. The SMILES string of the molecule is CC(=O)c1ccc(N2C[C@@H](C)O[C@@H](C)C2)c([N+](=O)[O-])c1. The van der Waals surface area contributed by atoms with Crippen LogP contribution in [0.1, 0.15) is 31.1 Å². The van der Waals surface area contributed by atoms with Gasteiger partial charge in [-0.3, -0.25) is 14.9 Å². The number of hydrogen-bond acceptors (Lipinski definition) is 5. The molecule has 1 heterocycles. The van der Waals surface area contributed by atoms with Gasteiger partial charge in [-0.1, -0.05) is 0 Å². The van der Waals surface area contributed by atoms with Gasteiger partial charge in [-0.25, -0.2) is 0 Å². The molecule has 0 aromatic heterocycles. The van der Waals surface area contributed by atoms with Crippen molar-refractivity contribution >= 4 is 17.2 Å². The minimum Gasteiger partial charge on any atom is -0.372 e. The van der Waals surface area contributed by atoms with Gasteiger partial charge in [-0.15, -0.1) is 0 Å². The summed E-state index contributed by atoms with van der Waals surface area (Å²) >= 11 is 0. The number of Topliss-reactive ketones (excluding diaryl/α,β-unsaturated/α-hetero) is 1. The Hall–Kier alpha value is -1.95. The molecule has 1 aliphatic heterocycles. The number of benzene rings is 1. The van der Waals surface area contributed by atoms with Crippen LogP contribution in [0, 0.1) is 10.1 Å². The summed E-state index contributed by atoms with van der Waals surface area (Å²) in [6.45, 7) is 6.49. The molecule has 0 amide bonds. The Morgan fingerprint density at radius 2 is 1.95 bits per heavy atom. The summed E-state index contributed by atoms with van der Waals surface area (Å²) in [7, 11) is 0. The molecule has 20 heavy (non-hydrogen) atoms. The first-order valence-electron chi connectivity index (χ1n) is 6.58. The Morgan fingerprint density at radius 3 is 2.45 bits per heavy atom. The van der Waals surface area contributed by atoms with Gasteiger partial charge in [0.2, 0.25) is 0 Å². The summed E-state index contributed by atoms with van der Waals surface area (Å²) in [6.07, 6.45) is 0.0386. The van der Waals surface area contributed by atoms with E-state index in [-0.39, 0.29) is 23.7 Å². The molecule has 6 heteroatoms. The molecule has 0 radical (unpaired) electrons. The van der Waals surface area contributed by atoms with Gasteiger partial charge in [-0.05, 0) is 32.9 Å². The zero-order chi connectivity index (χ0) is 14.9. The second-order valence-corrected chi connectivity index (χ2v) is 5.18. The van der Waals surface area contributed by atoms with Crippen LogP contribution in [-0.4, -0.2) is 36.0 Å². The number of ether oxygens (including phenoxy) is 1. The third kappa shape index (κ3) is 2.96. The molecule has 1 aliphatic rings. The molecule has 6 nitrogen and oxygen atoms in total. The van der Waals surface area contributed by atoms with Crippen LogP contribution in [0.4, 0.5) is 11.4 Å². The van der Waals surface area contributed by atoms with Gasteiger partial charge < -0.3 is 9.64 Å². The van der Waals surface area contributed by atoms with Crippen molar-refractivity contribution in [1.29, 1.82) is 0 Å². The molecule has 2 atom stereocenters. The number of ketones is 1. The first-order chi connectivity index (χ1) is 9.38. The second-order valence-electron chi connectivity index (χ2n) is 5.18. The molecule has 108 valence electrons. The van der Waals surface area contributed by atoms with Gasteiger partial charge in [0.15, 0.2) is 5.78 Å². The molecule has 0 N–H and O–H groups in total. The lowest BCUT2D eigenvalue weighted by molar-refractivity contribution is -0.384. The molecular formula is C14H18N2O4. The van der Waals surface area contributed by atoms with E-state index in [0.29, 0.717) is 24.3 Å². The second kappa shape index (κ2) is 5.58. The number of rotatable bonds is 3. The number of nitro benzene ring substituents is 1. The largest absolute Gasteiger partial charge is 0.372 e. The number of hydrogen-bond donors (Lipinski definition) is 0. The lowest BCUT2D eigenvalue weighted by Gasteiger charge is -2.36. The summed E-state index contributed by atoms with van der Waals surface area (Å²) in [5.41, 5.74) is 0.871. The maximum Gasteiger partial charge on any atom is 0.293 e. The van der Waals surface area contributed by atoms with Crippen LogP contribution in [0.2, 0.25) is 0 Å². The standard InChI is InChI=1S/C14H18N2O4/c1-9-7-15(8-10(2)20-9)13-5-4-12(11(3)17)6-14(13)16(18)19/h4-6,9-10H,7-8H2,1-3H3/t9-,10+. The number of anilines is 1. The Labute approximate surface area is 117 Å².